The zero-order valence-electron chi connectivity index (χ0n) is 2.71. The van der Waals surface area contributed by atoms with Gasteiger partial charge >= 0.3 is 34.6 Å². The topological polar surface area (TPSA) is 74.6 Å². The van der Waals surface area contributed by atoms with Gasteiger partial charge in [0.15, 0.2) is 0 Å². The first kappa shape index (κ1) is 9.37. The first-order valence-corrected chi connectivity index (χ1v) is 2.44. The van der Waals surface area contributed by atoms with Gasteiger partial charge < -0.3 is 10.2 Å². The molecule has 0 amide bonds. The number of carbonyl (C=O) groups is 1. The molecule has 0 rings (SSSR count). The van der Waals surface area contributed by atoms with E-state index in [1.54, 1.807) is 0 Å². The van der Waals surface area contributed by atoms with Crippen LogP contribution in [0, 0.1) is 0 Å². The molecule has 0 heterocycles. The molecule has 0 aliphatic carbocycles. The third-order valence-corrected chi connectivity index (χ3v) is 0. The summed E-state index contributed by atoms with van der Waals surface area (Å²) in [6.07, 6.45) is -1.83. The molecule has 0 fully saturated rings. The second kappa shape index (κ2) is 8.89. The summed E-state index contributed by atoms with van der Waals surface area (Å²) in [6.45, 7) is 0. The summed E-state index contributed by atoms with van der Waals surface area (Å²) < 4.78 is 8.39. The maximum absolute atomic E-state index is 8.56. The Kier molecular flexibility index (Phi) is 13.9. The van der Waals surface area contributed by atoms with Crippen LogP contribution in [0.25, 0.3) is 0 Å². The molecule has 0 aromatic rings. The van der Waals surface area contributed by atoms with Crippen LogP contribution >= 0.6 is 0 Å². The van der Waals surface area contributed by atoms with E-state index < -0.39 is 6.16 Å². The standard InChI is InChI=1S/CH2O3.O.Pb/c2-1(3)4;;/h(H2,2,3,4);;. The van der Waals surface area contributed by atoms with Crippen molar-refractivity contribution in [2.45, 2.75) is 0 Å². The predicted molar refractivity (Wildman–Crippen MR) is 17.1 cm³/mol. The van der Waals surface area contributed by atoms with Crippen LogP contribution in [0.15, 0.2) is 0 Å². The molecule has 6 heavy (non-hydrogen) atoms. The van der Waals surface area contributed by atoms with E-state index in [2.05, 4.69) is 0 Å². The zero-order chi connectivity index (χ0) is 5.58. The van der Waals surface area contributed by atoms with E-state index in [0.717, 1.165) is 0 Å². The van der Waals surface area contributed by atoms with Gasteiger partial charge in [-0.1, -0.05) is 0 Å². The molecule has 2 N–H and O–H groups in total. The van der Waals surface area contributed by atoms with Gasteiger partial charge in [0.2, 0.25) is 0 Å². The van der Waals surface area contributed by atoms with Gasteiger partial charge in [0.05, 0.1) is 0 Å². The second-order valence-electron chi connectivity index (χ2n) is 0.283. The Balaban J connectivity index is 0. The van der Waals surface area contributed by atoms with Crippen molar-refractivity contribution < 1.29 is 17.7 Å². The summed E-state index contributed by atoms with van der Waals surface area (Å²) in [5.74, 6) is 0. The van der Waals surface area contributed by atoms with Crippen molar-refractivity contribution in [3.8, 4) is 0 Å². The maximum atomic E-state index is 8.56. The quantitative estimate of drug-likeness (QED) is 0.600. The Labute approximate surface area is 49.9 Å². The molecule has 34 valence electrons. The van der Waals surface area contributed by atoms with Crippen molar-refractivity contribution in [1.82, 2.24) is 0 Å². The van der Waals surface area contributed by atoms with Crippen molar-refractivity contribution in [3.05, 3.63) is 0 Å². The third kappa shape index (κ3) is 569000. The summed E-state index contributed by atoms with van der Waals surface area (Å²) in [6, 6.07) is 0. The zero-order valence-corrected chi connectivity index (χ0v) is 6.60. The van der Waals surface area contributed by atoms with E-state index in [1.807, 2.05) is 0 Å². The van der Waals surface area contributed by atoms with Gasteiger partial charge in [-0.2, -0.15) is 0 Å². The molecular formula is CH2O4Pb. The third-order valence-electron chi connectivity index (χ3n) is 0. The minimum atomic E-state index is -1.83. The van der Waals surface area contributed by atoms with Gasteiger partial charge in [-0.05, 0) is 0 Å². The van der Waals surface area contributed by atoms with Crippen LogP contribution in [-0.4, -0.2) is 42.1 Å². The van der Waals surface area contributed by atoms with Gasteiger partial charge in [0.1, 0.15) is 0 Å². The molecule has 2 radical (unpaired) electrons. The number of hydrogen-bond donors (Lipinski definition) is 2. The van der Waals surface area contributed by atoms with Crippen molar-refractivity contribution in [3.63, 3.8) is 0 Å². The Morgan fingerprint density at radius 2 is 1.33 bits per heavy atom. The Morgan fingerprint density at radius 3 is 1.33 bits per heavy atom. The van der Waals surface area contributed by atoms with Crippen molar-refractivity contribution >= 4 is 31.9 Å². The van der Waals surface area contributed by atoms with E-state index in [4.69, 9.17) is 17.7 Å². The molecule has 0 atom stereocenters. The SMILES string of the molecule is O=C(O)O.[O]=[Pb]. The molecule has 0 spiro atoms. The van der Waals surface area contributed by atoms with E-state index in [-0.39, 0.29) is 25.8 Å². The summed E-state index contributed by atoms with van der Waals surface area (Å²) in [5, 5.41) is 13.9. The van der Waals surface area contributed by atoms with E-state index in [1.165, 1.54) is 0 Å². The number of rotatable bonds is 0. The molecule has 0 saturated heterocycles. The monoisotopic (exact) mass is 286 g/mol. The Morgan fingerprint density at radius 1 is 1.33 bits per heavy atom. The van der Waals surface area contributed by atoms with E-state index >= 15 is 0 Å². The molecule has 0 aliphatic heterocycles. The summed E-state index contributed by atoms with van der Waals surface area (Å²) in [5.41, 5.74) is 0. The molecule has 0 aromatic heterocycles. The molecule has 0 bridgehead atoms. The van der Waals surface area contributed by atoms with E-state index in [0.29, 0.717) is 0 Å². The summed E-state index contributed by atoms with van der Waals surface area (Å²) in [4.78, 5) is 8.56. The van der Waals surface area contributed by atoms with Crippen LogP contribution in [0.1, 0.15) is 0 Å². The molecule has 0 aliphatic rings. The van der Waals surface area contributed by atoms with Crippen LogP contribution < -0.4 is 0 Å². The van der Waals surface area contributed by atoms with Gasteiger partial charge in [-0.25, -0.2) is 4.79 Å². The molecule has 0 aromatic carbocycles. The average molecular weight is 285 g/mol. The summed E-state index contributed by atoms with van der Waals surface area (Å²) >= 11 is 0.0556. The van der Waals surface area contributed by atoms with Crippen LogP contribution in [-0.2, 0) is 2.69 Å². The van der Waals surface area contributed by atoms with Crippen LogP contribution in [0.2, 0.25) is 0 Å². The van der Waals surface area contributed by atoms with Gasteiger partial charge in [-0.15, -0.1) is 0 Å². The normalized spacial score (nSPS) is 4.67. The first-order valence-electron chi connectivity index (χ1n) is 0.855. The minimum absolute atomic E-state index is 0.0556. The fourth-order valence-corrected chi connectivity index (χ4v) is 0. The fraction of sp³-hybridized carbons (Fsp3) is 0. The second-order valence-corrected chi connectivity index (χ2v) is 0.283. The summed E-state index contributed by atoms with van der Waals surface area (Å²) in [7, 11) is 0. The average Bonchev–Trinajstić information content (AvgIpc) is 1.41. The molecule has 5 heteroatoms. The molecular weight excluding hydrogens is 283 g/mol. The molecule has 0 unspecified atom stereocenters. The predicted octanol–water partition coefficient (Wildman–Crippen LogP) is -0.277. The number of carboxylic acid groups (broad SMARTS) is 2. The van der Waals surface area contributed by atoms with Crippen LogP contribution in [0.3, 0.4) is 0 Å². The first-order chi connectivity index (χ1) is 2.73. The Bertz CT molecular complexity index is 38.8. The number of hydrogen-bond acceptors (Lipinski definition) is 2. The fourth-order valence-electron chi connectivity index (χ4n) is 0. The van der Waals surface area contributed by atoms with Crippen LogP contribution in [0.5, 0.6) is 0 Å². The Hall–Kier alpha value is -0.00792. The van der Waals surface area contributed by atoms with Gasteiger partial charge in [0, 0.05) is 0 Å². The van der Waals surface area contributed by atoms with Gasteiger partial charge in [-0.3, -0.25) is 0 Å². The van der Waals surface area contributed by atoms with E-state index in [9.17, 15) is 0 Å². The van der Waals surface area contributed by atoms with Gasteiger partial charge in [0.25, 0.3) is 0 Å². The van der Waals surface area contributed by atoms with Crippen molar-refractivity contribution in [2.75, 3.05) is 0 Å². The molecule has 0 saturated carbocycles. The van der Waals surface area contributed by atoms with Crippen molar-refractivity contribution in [2.24, 2.45) is 0 Å². The van der Waals surface area contributed by atoms with Crippen molar-refractivity contribution in [1.29, 1.82) is 0 Å². The molecule has 4 nitrogen and oxygen atoms in total. The van der Waals surface area contributed by atoms with Crippen LogP contribution in [0.4, 0.5) is 4.79 Å².